The van der Waals surface area contributed by atoms with Gasteiger partial charge in [0, 0.05) is 25.0 Å². The van der Waals surface area contributed by atoms with Gasteiger partial charge in [-0.25, -0.2) is 0 Å². The molecule has 1 fully saturated rings. The van der Waals surface area contributed by atoms with Crippen LogP contribution in [0, 0.1) is 0 Å². The molecular weight excluding hydrogens is 467 g/mol. The normalized spacial score (nSPS) is 15.1. The van der Waals surface area contributed by atoms with Gasteiger partial charge in [-0.15, -0.1) is 24.0 Å². The number of furan rings is 1. The predicted octanol–water partition coefficient (Wildman–Crippen LogP) is 3.30. The first-order valence-corrected chi connectivity index (χ1v) is 9.63. The standard InChI is InChI=1S/C21H28N4O2.HI/c1-2-22-20(24-14-13-23-19(26)18-10-6-15-27-18)25-16-21(11-7-12-21)17-8-4-3-5-9-17;/h3-6,8-10,15H,2,7,11-14,16H2,1H3,(H,23,26)(H2,22,24,25);1H. The summed E-state index contributed by atoms with van der Waals surface area (Å²) in [7, 11) is 0. The molecule has 1 saturated carbocycles. The molecule has 28 heavy (non-hydrogen) atoms. The van der Waals surface area contributed by atoms with Gasteiger partial charge in [0.05, 0.1) is 12.8 Å². The zero-order chi connectivity index (χ0) is 19.0. The van der Waals surface area contributed by atoms with E-state index in [-0.39, 0.29) is 35.3 Å². The van der Waals surface area contributed by atoms with E-state index in [1.165, 1.54) is 31.1 Å². The molecular formula is C21H29IN4O2. The maximum Gasteiger partial charge on any atom is 0.287 e. The second-order valence-corrected chi connectivity index (χ2v) is 6.86. The molecule has 3 N–H and O–H groups in total. The van der Waals surface area contributed by atoms with Crippen molar-refractivity contribution in [2.45, 2.75) is 31.6 Å². The number of nitrogens with one attached hydrogen (secondary N) is 3. The highest BCUT2D eigenvalue weighted by molar-refractivity contribution is 14.0. The molecule has 3 rings (SSSR count). The van der Waals surface area contributed by atoms with Crippen molar-refractivity contribution in [2.24, 2.45) is 4.99 Å². The summed E-state index contributed by atoms with van der Waals surface area (Å²) < 4.78 is 5.08. The Bertz CT molecular complexity index is 743. The van der Waals surface area contributed by atoms with Gasteiger partial charge in [0.2, 0.25) is 0 Å². The van der Waals surface area contributed by atoms with Gasteiger partial charge in [0.25, 0.3) is 5.91 Å². The molecule has 0 aliphatic heterocycles. The molecule has 2 aromatic rings. The fourth-order valence-electron chi connectivity index (χ4n) is 3.36. The lowest BCUT2D eigenvalue weighted by molar-refractivity contribution is 0.0926. The molecule has 1 amide bonds. The smallest absolute Gasteiger partial charge is 0.287 e. The molecule has 0 saturated heterocycles. The Morgan fingerprint density at radius 3 is 2.43 bits per heavy atom. The maximum atomic E-state index is 11.9. The van der Waals surface area contributed by atoms with E-state index in [1.54, 1.807) is 12.1 Å². The molecule has 0 unspecified atom stereocenters. The van der Waals surface area contributed by atoms with E-state index < -0.39 is 0 Å². The van der Waals surface area contributed by atoms with E-state index in [0.717, 1.165) is 19.0 Å². The Hall–Kier alpha value is -2.03. The zero-order valence-electron chi connectivity index (χ0n) is 16.2. The molecule has 1 aromatic heterocycles. The minimum absolute atomic E-state index is 0. The van der Waals surface area contributed by atoms with Gasteiger partial charge < -0.3 is 20.4 Å². The number of aliphatic imine (C=N–C) groups is 1. The molecule has 6 nitrogen and oxygen atoms in total. The summed E-state index contributed by atoms with van der Waals surface area (Å²) in [5.41, 5.74) is 1.54. The summed E-state index contributed by atoms with van der Waals surface area (Å²) in [6.07, 6.45) is 5.11. The molecule has 152 valence electrons. The van der Waals surface area contributed by atoms with Crippen LogP contribution in [0.25, 0.3) is 0 Å². The van der Waals surface area contributed by atoms with Crippen molar-refractivity contribution in [3.8, 4) is 0 Å². The summed E-state index contributed by atoms with van der Waals surface area (Å²) in [6, 6.07) is 14.0. The van der Waals surface area contributed by atoms with Crippen LogP contribution in [0.1, 0.15) is 42.3 Å². The van der Waals surface area contributed by atoms with Gasteiger partial charge in [-0.3, -0.25) is 9.79 Å². The van der Waals surface area contributed by atoms with E-state index in [2.05, 4.69) is 46.3 Å². The first-order valence-electron chi connectivity index (χ1n) is 9.63. The fourth-order valence-corrected chi connectivity index (χ4v) is 3.36. The number of hydrogen-bond donors (Lipinski definition) is 3. The number of rotatable bonds is 8. The van der Waals surface area contributed by atoms with Crippen molar-refractivity contribution < 1.29 is 9.21 Å². The minimum Gasteiger partial charge on any atom is -0.459 e. The van der Waals surface area contributed by atoms with Crippen LogP contribution in [0.3, 0.4) is 0 Å². The molecule has 0 atom stereocenters. The van der Waals surface area contributed by atoms with Gasteiger partial charge in [0.15, 0.2) is 11.7 Å². The van der Waals surface area contributed by atoms with Gasteiger partial charge in [-0.2, -0.15) is 0 Å². The van der Waals surface area contributed by atoms with Crippen LogP contribution in [-0.4, -0.2) is 38.0 Å². The quantitative estimate of drug-likeness (QED) is 0.227. The van der Waals surface area contributed by atoms with Crippen LogP contribution in [0.4, 0.5) is 0 Å². The SMILES string of the molecule is CCNC(=NCC1(c2ccccc2)CCC1)NCCNC(=O)c1ccco1.I. The molecule has 0 radical (unpaired) electrons. The van der Waals surface area contributed by atoms with Gasteiger partial charge in [-0.1, -0.05) is 36.8 Å². The van der Waals surface area contributed by atoms with Crippen LogP contribution < -0.4 is 16.0 Å². The van der Waals surface area contributed by atoms with Crippen LogP contribution in [-0.2, 0) is 5.41 Å². The number of hydrogen-bond acceptors (Lipinski definition) is 3. The second-order valence-electron chi connectivity index (χ2n) is 6.86. The highest BCUT2D eigenvalue weighted by atomic mass is 127. The maximum absolute atomic E-state index is 11.9. The average molecular weight is 496 g/mol. The lowest BCUT2D eigenvalue weighted by Crippen LogP contribution is -2.43. The molecule has 0 bridgehead atoms. The first-order chi connectivity index (χ1) is 13.2. The molecule has 1 aliphatic carbocycles. The molecule has 0 spiro atoms. The summed E-state index contributed by atoms with van der Waals surface area (Å²) in [4.78, 5) is 16.7. The van der Waals surface area contributed by atoms with Crippen molar-refractivity contribution in [2.75, 3.05) is 26.2 Å². The number of carbonyl (C=O) groups is 1. The molecule has 7 heteroatoms. The van der Waals surface area contributed by atoms with Gasteiger partial charge >= 0.3 is 0 Å². The Morgan fingerprint density at radius 2 is 1.82 bits per heavy atom. The van der Waals surface area contributed by atoms with Crippen LogP contribution in [0.5, 0.6) is 0 Å². The first kappa shape index (κ1) is 22.3. The van der Waals surface area contributed by atoms with Crippen molar-refractivity contribution in [1.29, 1.82) is 0 Å². The van der Waals surface area contributed by atoms with Crippen LogP contribution >= 0.6 is 24.0 Å². The van der Waals surface area contributed by atoms with E-state index in [4.69, 9.17) is 9.41 Å². The summed E-state index contributed by atoms with van der Waals surface area (Å²) in [5.74, 6) is 0.901. The third-order valence-corrected chi connectivity index (χ3v) is 5.03. The topological polar surface area (TPSA) is 78.7 Å². The number of nitrogens with zero attached hydrogens (tertiary/aromatic N) is 1. The van der Waals surface area contributed by atoms with E-state index >= 15 is 0 Å². The Morgan fingerprint density at radius 1 is 1.07 bits per heavy atom. The van der Waals surface area contributed by atoms with Gasteiger partial charge in [0.1, 0.15) is 0 Å². The molecule has 1 aromatic carbocycles. The molecule has 1 heterocycles. The predicted molar refractivity (Wildman–Crippen MR) is 122 cm³/mol. The summed E-state index contributed by atoms with van der Waals surface area (Å²) in [5, 5.41) is 9.39. The highest BCUT2D eigenvalue weighted by Crippen LogP contribution is 2.43. The number of benzene rings is 1. The minimum atomic E-state index is -0.207. The lowest BCUT2D eigenvalue weighted by atomic mass is 9.64. The average Bonchev–Trinajstić information content (AvgIpc) is 3.20. The van der Waals surface area contributed by atoms with Crippen LogP contribution in [0.15, 0.2) is 58.1 Å². The van der Waals surface area contributed by atoms with Crippen molar-refractivity contribution in [1.82, 2.24) is 16.0 Å². The lowest BCUT2D eigenvalue weighted by Gasteiger charge is -2.41. The highest BCUT2D eigenvalue weighted by Gasteiger charge is 2.38. The Balaban J connectivity index is 0.00000280. The number of halogens is 1. The number of amides is 1. The molecule has 1 aliphatic rings. The van der Waals surface area contributed by atoms with Crippen molar-refractivity contribution >= 4 is 35.8 Å². The number of guanidine groups is 1. The van der Waals surface area contributed by atoms with Crippen LogP contribution in [0.2, 0.25) is 0 Å². The summed E-state index contributed by atoms with van der Waals surface area (Å²) in [6.45, 7) is 4.70. The van der Waals surface area contributed by atoms with Gasteiger partial charge in [-0.05, 0) is 37.5 Å². The number of carbonyl (C=O) groups excluding carboxylic acids is 1. The third-order valence-electron chi connectivity index (χ3n) is 5.03. The van der Waals surface area contributed by atoms with E-state index in [0.29, 0.717) is 18.8 Å². The van der Waals surface area contributed by atoms with E-state index in [1.807, 2.05) is 6.92 Å². The fraction of sp³-hybridized carbons (Fsp3) is 0.429. The second kappa shape index (κ2) is 11.1. The third kappa shape index (κ3) is 5.73. The summed E-state index contributed by atoms with van der Waals surface area (Å²) >= 11 is 0. The largest absolute Gasteiger partial charge is 0.459 e. The van der Waals surface area contributed by atoms with E-state index in [9.17, 15) is 4.79 Å². The monoisotopic (exact) mass is 496 g/mol. The Kier molecular flexibility index (Phi) is 8.82. The van der Waals surface area contributed by atoms with Crippen molar-refractivity contribution in [3.05, 3.63) is 60.1 Å². The zero-order valence-corrected chi connectivity index (χ0v) is 18.6. The Labute approximate surface area is 183 Å². The van der Waals surface area contributed by atoms with Crippen molar-refractivity contribution in [3.63, 3.8) is 0 Å².